The van der Waals surface area contributed by atoms with Gasteiger partial charge in [0.25, 0.3) is 0 Å². The van der Waals surface area contributed by atoms with Crippen molar-refractivity contribution in [2.45, 2.75) is 13.1 Å². The van der Waals surface area contributed by atoms with E-state index in [0.717, 1.165) is 25.6 Å². The van der Waals surface area contributed by atoms with Crippen molar-refractivity contribution >= 4 is 34.1 Å². The number of nitrogens with zero attached hydrogens (tertiary/aromatic N) is 2. The van der Waals surface area contributed by atoms with Crippen molar-refractivity contribution in [2.24, 2.45) is 0 Å². The summed E-state index contributed by atoms with van der Waals surface area (Å²) in [6.07, 6.45) is 2.46. The van der Waals surface area contributed by atoms with Crippen LogP contribution < -0.4 is 13.8 Å². The van der Waals surface area contributed by atoms with Crippen molar-refractivity contribution in [3.8, 4) is 11.1 Å². The summed E-state index contributed by atoms with van der Waals surface area (Å²) in [4.78, 5) is 4.58. The molecular weight excluding hydrogens is 399 g/mol. The summed E-state index contributed by atoms with van der Waals surface area (Å²) in [6, 6.07) is 24.9. The van der Waals surface area contributed by atoms with Crippen molar-refractivity contribution in [3.05, 3.63) is 84.6 Å². The van der Waals surface area contributed by atoms with E-state index in [2.05, 4.69) is 78.5 Å². The molecule has 3 nitrogen and oxygen atoms in total. The zero-order valence-corrected chi connectivity index (χ0v) is 17.0. The summed E-state index contributed by atoms with van der Waals surface area (Å²) in [5.74, 6) is 0. The molecule has 0 radical (unpaired) electrons. The minimum atomic E-state index is -2.13. The van der Waals surface area contributed by atoms with E-state index in [4.69, 9.17) is 0 Å². The van der Waals surface area contributed by atoms with E-state index in [1.807, 2.05) is 24.3 Å². The molecule has 2 atom stereocenters. The monoisotopic (exact) mass is 420 g/mol. The molecule has 0 spiro atoms. The molecule has 5 rings (SSSR count). The molecule has 27 heavy (non-hydrogen) atoms. The van der Waals surface area contributed by atoms with Gasteiger partial charge >= 0.3 is 164 Å². The Hall–Kier alpha value is -2.68. The van der Waals surface area contributed by atoms with Gasteiger partial charge in [0.15, 0.2) is 0 Å². The summed E-state index contributed by atoms with van der Waals surface area (Å²) in [6.45, 7) is 2.21. The zero-order valence-electron chi connectivity index (χ0n) is 15.3. The van der Waals surface area contributed by atoms with Crippen molar-refractivity contribution in [1.82, 2.24) is 4.90 Å². The summed E-state index contributed by atoms with van der Waals surface area (Å²) >= 11 is -2.13. The van der Waals surface area contributed by atoms with Crippen LogP contribution in [0.1, 0.15) is 12.5 Å². The summed E-state index contributed by atoms with van der Waals surface area (Å²) in [5.41, 5.74) is 5.79. The molecule has 0 fully saturated rings. The number of fused-ring (bicyclic) bond motifs is 3. The standard InChI is InChI=1S/C23H20N2OSe/c1-16-24(2)21(15-25(16)18-8-4-3-5-9-18)17-12-13-23-20(14-17)19-10-6-7-11-22(19)27(23)26/h3-16H,1-2H3. The van der Waals surface area contributed by atoms with Crippen LogP contribution in [0.4, 0.5) is 5.69 Å². The SMILES string of the molecule is CC1N(C)C(c2ccc3c(c2)-c2ccccc2[Se]3=O)=CN1c1ccccc1. The Bertz CT molecular complexity index is 1090. The molecule has 2 heterocycles. The van der Waals surface area contributed by atoms with E-state index >= 15 is 0 Å². The zero-order chi connectivity index (χ0) is 18.5. The number of hydrogen-bond donors (Lipinski definition) is 0. The van der Waals surface area contributed by atoms with Crippen LogP contribution in [-0.4, -0.2) is 31.9 Å². The molecule has 3 aromatic rings. The van der Waals surface area contributed by atoms with Gasteiger partial charge in [0.05, 0.1) is 0 Å². The first-order chi connectivity index (χ1) is 13.1. The number of benzene rings is 3. The molecule has 0 aliphatic carbocycles. The summed E-state index contributed by atoms with van der Waals surface area (Å²) in [7, 11) is 2.13. The maximum absolute atomic E-state index is 12.8. The van der Waals surface area contributed by atoms with Gasteiger partial charge in [-0.1, -0.05) is 0 Å². The summed E-state index contributed by atoms with van der Waals surface area (Å²) < 4.78 is 14.9. The maximum atomic E-state index is 12.8. The molecule has 0 bridgehead atoms. The Morgan fingerprint density at radius 3 is 2.37 bits per heavy atom. The van der Waals surface area contributed by atoms with E-state index in [1.165, 1.54) is 11.4 Å². The first-order valence-electron chi connectivity index (χ1n) is 9.09. The molecule has 0 N–H and O–H groups in total. The van der Waals surface area contributed by atoms with Crippen LogP contribution in [0.3, 0.4) is 0 Å². The van der Waals surface area contributed by atoms with E-state index in [9.17, 15) is 3.83 Å². The Labute approximate surface area is 163 Å². The molecule has 2 unspecified atom stereocenters. The van der Waals surface area contributed by atoms with Gasteiger partial charge in [-0.3, -0.25) is 0 Å². The predicted octanol–water partition coefficient (Wildman–Crippen LogP) is 3.30. The molecule has 0 amide bonds. The third-order valence-corrected chi connectivity index (χ3v) is 8.68. The Kier molecular flexibility index (Phi) is 3.78. The van der Waals surface area contributed by atoms with Crippen LogP contribution in [0.25, 0.3) is 16.8 Å². The quantitative estimate of drug-likeness (QED) is 0.466. The predicted molar refractivity (Wildman–Crippen MR) is 112 cm³/mol. The fraction of sp³-hybridized carbons (Fsp3) is 0.130. The van der Waals surface area contributed by atoms with Crippen LogP contribution in [0.2, 0.25) is 0 Å². The molecule has 2 aliphatic rings. The first kappa shape index (κ1) is 16.5. The van der Waals surface area contributed by atoms with E-state index in [0.29, 0.717) is 0 Å². The molecule has 2 aliphatic heterocycles. The number of para-hydroxylation sites is 1. The van der Waals surface area contributed by atoms with Crippen LogP contribution in [0.15, 0.2) is 79.0 Å². The average molecular weight is 419 g/mol. The number of anilines is 1. The topological polar surface area (TPSA) is 23.6 Å². The van der Waals surface area contributed by atoms with E-state index in [-0.39, 0.29) is 6.17 Å². The second kappa shape index (κ2) is 6.19. The van der Waals surface area contributed by atoms with Gasteiger partial charge < -0.3 is 0 Å². The van der Waals surface area contributed by atoms with Crippen molar-refractivity contribution < 1.29 is 3.83 Å². The second-order valence-corrected chi connectivity index (χ2v) is 9.95. The Morgan fingerprint density at radius 2 is 1.56 bits per heavy atom. The van der Waals surface area contributed by atoms with Gasteiger partial charge in [-0.25, -0.2) is 0 Å². The number of hydrogen-bond acceptors (Lipinski definition) is 3. The third kappa shape index (κ3) is 2.48. The molecule has 0 saturated heterocycles. The fourth-order valence-electron chi connectivity index (χ4n) is 3.92. The Morgan fingerprint density at radius 1 is 0.852 bits per heavy atom. The molecule has 0 saturated carbocycles. The van der Waals surface area contributed by atoms with Crippen molar-refractivity contribution in [1.29, 1.82) is 0 Å². The second-order valence-electron chi connectivity index (χ2n) is 6.98. The fourth-order valence-corrected chi connectivity index (χ4v) is 6.81. The normalized spacial score (nSPS) is 20.4. The third-order valence-electron chi connectivity index (χ3n) is 5.51. The van der Waals surface area contributed by atoms with Crippen LogP contribution in [0.5, 0.6) is 0 Å². The van der Waals surface area contributed by atoms with Crippen LogP contribution in [-0.2, 0) is 3.83 Å². The molecule has 3 aromatic carbocycles. The van der Waals surface area contributed by atoms with Crippen LogP contribution in [0, 0.1) is 0 Å². The van der Waals surface area contributed by atoms with Gasteiger partial charge in [-0.2, -0.15) is 0 Å². The van der Waals surface area contributed by atoms with Crippen LogP contribution >= 0.6 is 0 Å². The molecule has 4 heteroatoms. The molecular formula is C23H20N2OSe. The minimum absolute atomic E-state index is 0.239. The van der Waals surface area contributed by atoms with Gasteiger partial charge in [0, 0.05) is 0 Å². The number of rotatable bonds is 2. The van der Waals surface area contributed by atoms with E-state index < -0.39 is 13.8 Å². The van der Waals surface area contributed by atoms with Crippen molar-refractivity contribution in [2.75, 3.05) is 11.9 Å². The molecule has 134 valence electrons. The van der Waals surface area contributed by atoms with Gasteiger partial charge in [0.2, 0.25) is 0 Å². The summed E-state index contributed by atoms with van der Waals surface area (Å²) in [5, 5.41) is 0. The van der Waals surface area contributed by atoms with Gasteiger partial charge in [-0.05, 0) is 0 Å². The average Bonchev–Trinajstić information content (AvgIpc) is 3.17. The first-order valence-corrected chi connectivity index (χ1v) is 11.5. The van der Waals surface area contributed by atoms with Gasteiger partial charge in [0.1, 0.15) is 0 Å². The Balaban J connectivity index is 1.60. The van der Waals surface area contributed by atoms with Crippen molar-refractivity contribution in [3.63, 3.8) is 0 Å². The van der Waals surface area contributed by atoms with E-state index in [1.54, 1.807) is 0 Å². The molecule has 0 aromatic heterocycles. The van der Waals surface area contributed by atoms with Gasteiger partial charge in [-0.15, -0.1) is 0 Å².